The third-order valence-electron chi connectivity index (χ3n) is 3.66. The van der Waals surface area contributed by atoms with Crippen LogP contribution in [-0.4, -0.2) is 45.5 Å². The molecular formula is C14H16F3N3O3. The zero-order valence-electron chi connectivity index (χ0n) is 12.1. The lowest BCUT2D eigenvalue weighted by Gasteiger charge is -2.38. The first-order valence-electron chi connectivity index (χ1n) is 6.94. The number of likely N-dealkylation sites (tertiary alicyclic amines) is 1. The van der Waals surface area contributed by atoms with Crippen LogP contribution < -0.4 is 5.73 Å². The zero-order chi connectivity index (χ0) is 17.3. The number of hydrogen-bond acceptors (Lipinski definition) is 4. The lowest BCUT2D eigenvalue weighted by atomic mass is 9.89. The van der Waals surface area contributed by atoms with E-state index in [1.165, 1.54) is 4.90 Å². The molecule has 23 heavy (non-hydrogen) atoms. The summed E-state index contributed by atoms with van der Waals surface area (Å²) < 4.78 is 37.5. The fourth-order valence-corrected chi connectivity index (χ4v) is 2.60. The second kappa shape index (κ2) is 6.15. The van der Waals surface area contributed by atoms with Crippen molar-refractivity contribution in [2.45, 2.75) is 31.0 Å². The molecule has 0 radical (unpaired) electrons. The number of rotatable bonds is 3. The summed E-state index contributed by atoms with van der Waals surface area (Å²) >= 11 is 0. The highest BCUT2D eigenvalue weighted by molar-refractivity contribution is 5.92. The Bertz CT molecular complexity index is 604. The molecule has 1 saturated heterocycles. The number of alkyl halides is 3. The van der Waals surface area contributed by atoms with Gasteiger partial charge in [-0.1, -0.05) is 0 Å². The van der Waals surface area contributed by atoms with Gasteiger partial charge in [-0.15, -0.1) is 0 Å². The molecule has 1 aromatic rings. The summed E-state index contributed by atoms with van der Waals surface area (Å²) in [5.74, 6) is -1.28. The van der Waals surface area contributed by atoms with E-state index in [-0.39, 0.29) is 18.7 Å². The predicted octanol–water partition coefficient (Wildman–Crippen LogP) is 0.943. The highest BCUT2D eigenvalue weighted by atomic mass is 19.4. The zero-order valence-corrected chi connectivity index (χ0v) is 12.1. The number of nitrogens with zero attached hydrogens (tertiary/aromatic N) is 2. The monoisotopic (exact) mass is 331 g/mol. The first kappa shape index (κ1) is 17.2. The molecule has 1 aromatic heterocycles. The Balaban J connectivity index is 2.12. The van der Waals surface area contributed by atoms with Crippen molar-refractivity contribution >= 4 is 11.8 Å². The maximum Gasteiger partial charge on any atom is 0.417 e. The van der Waals surface area contributed by atoms with E-state index in [0.717, 1.165) is 12.1 Å². The molecule has 0 saturated carbocycles. The molecule has 1 atom stereocenters. The van der Waals surface area contributed by atoms with E-state index >= 15 is 0 Å². The van der Waals surface area contributed by atoms with Crippen LogP contribution >= 0.6 is 0 Å². The van der Waals surface area contributed by atoms with E-state index in [2.05, 4.69) is 4.98 Å². The largest absolute Gasteiger partial charge is 0.417 e. The van der Waals surface area contributed by atoms with E-state index in [0.29, 0.717) is 25.6 Å². The summed E-state index contributed by atoms with van der Waals surface area (Å²) in [6.07, 6.45) is -3.44. The smallest absolute Gasteiger partial charge is 0.388 e. The molecule has 2 amide bonds. The number of aromatic nitrogens is 1. The van der Waals surface area contributed by atoms with Crippen LogP contribution in [-0.2, 0) is 11.0 Å². The summed E-state index contributed by atoms with van der Waals surface area (Å²) in [5, 5.41) is 10.3. The minimum absolute atomic E-state index is 0.114. The Kier molecular flexibility index (Phi) is 4.60. The summed E-state index contributed by atoms with van der Waals surface area (Å²) in [5.41, 5.74) is 2.57. The van der Waals surface area contributed by atoms with Crippen molar-refractivity contribution in [1.29, 1.82) is 0 Å². The lowest BCUT2D eigenvalue weighted by molar-refractivity contribution is -0.137. The van der Waals surface area contributed by atoms with Crippen molar-refractivity contribution < 1.29 is 27.9 Å². The summed E-state index contributed by atoms with van der Waals surface area (Å²) in [7, 11) is 0. The quantitative estimate of drug-likeness (QED) is 0.861. The van der Waals surface area contributed by atoms with Gasteiger partial charge in [0.2, 0.25) is 5.91 Å². The molecule has 1 aliphatic rings. The van der Waals surface area contributed by atoms with Gasteiger partial charge in [0.25, 0.3) is 5.91 Å². The molecule has 1 unspecified atom stereocenters. The Labute approximate surface area is 130 Å². The van der Waals surface area contributed by atoms with Gasteiger partial charge in [0.1, 0.15) is 5.69 Å². The number of nitrogens with two attached hydrogens (primary N) is 1. The number of piperidine rings is 1. The highest BCUT2D eigenvalue weighted by Crippen LogP contribution is 2.29. The Hall–Kier alpha value is -2.16. The van der Waals surface area contributed by atoms with Crippen molar-refractivity contribution in [3.8, 4) is 0 Å². The van der Waals surface area contributed by atoms with Crippen molar-refractivity contribution in [2.24, 2.45) is 5.73 Å². The summed E-state index contributed by atoms with van der Waals surface area (Å²) in [4.78, 5) is 28.1. The first-order valence-corrected chi connectivity index (χ1v) is 6.94. The van der Waals surface area contributed by atoms with Gasteiger partial charge in [0, 0.05) is 12.7 Å². The number of pyridine rings is 1. The van der Waals surface area contributed by atoms with Gasteiger partial charge in [0.15, 0.2) is 0 Å². The van der Waals surface area contributed by atoms with Gasteiger partial charge in [-0.25, -0.2) is 0 Å². The molecule has 1 aliphatic heterocycles. The molecule has 0 bridgehead atoms. The first-order chi connectivity index (χ1) is 10.6. The average Bonchev–Trinajstić information content (AvgIpc) is 2.44. The fraction of sp³-hybridized carbons (Fsp3) is 0.500. The number of β-amino-alcohol motifs (C(OH)–C–C–N with tert-alkyl or cyclic N) is 1. The predicted molar refractivity (Wildman–Crippen MR) is 73.1 cm³/mol. The van der Waals surface area contributed by atoms with Gasteiger partial charge >= 0.3 is 6.18 Å². The van der Waals surface area contributed by atoms with Crippen molar-refractivity contribution in [1.82, 2.24) is 9.88 Å². The molecular weight excluding hydrogens is 315 g/mol. The standard InChI is InChI=1S/C14H16F3N3O3/c15-14(16,17)9-2-3-10(19-7-9)12(22)20-5-1-4-13(23,8-20)6-11(18)21/h2-3,7,23H,1,4-6,8H2,(H2,18,21). The molecule has 0 spiro atoms. The van der Waals surface area contributed by atoms with E-state index in [9.17, 15) is 27.9 Å². The van der Waals surface area contributed by atoms with Crippen LogP contribution in [0.5, 0.6) is 0 Å². The maximum atomic E-state index is 12.5. The third kappa shape index (κ3) is 4.19. The molecule has 2 rings (SSSR count). The maximum absolute atomic E-state index is 12.5. The van der Waals surface area contributed by atoms with Crippen LogP contribution in [0, 0.1) is 0 Å². The minimum Gasteiger partial charge on any atom is -0.388 e. The van der Waals surface area contributed by atoms with Gasteiger partial charge in [-0.3, -0.25) is 14.6 Å². The minimum atomic E-state index is -4.53. The van der Waals surface area contributed by atoms with Gasteiger partial charge in [-0.05, 0) is 25.0 Å². The molecule has 6 nitrogen and oxygen atoms in total. The second-order valence-electron chi connectivity index (χ2n) is 5.63. The van der Waals surface area contributed by atoms with Crippen LogP contribution in [0.2, 0.25) is 0 Å². The summed E-state index contributed by atoms with van der Waals surface area (Å²) in [6, 6.07) is 1.77. The third-order valence-corrected chi connectivity index (χ3v) is 3.66. The van der Waals surface area contributed by atoms with Gasteiger partial charge in [-0.2, -0.15) is 13.2 Å². The Morgan fingerprint density at radius 3 is 2.61 bits per heavy atom. The van der Waals surface area contributed by atoms with Gasteiger partial charge in [0.05, 0.1) is 24.1 Å². The van der Waals surface area contributed by atoms with Crippen molar-refractivity contribution in [3.63, 3.8) is 0 Å². The molecule has 0 aromatic carbocycles. The summed E-state index contributed by atoms with van der Waals surface area (Å²) in [6.45, 7) is 0.208. The normalized spacial score (nSPS) is 22.0. The topological polar surface area (TPSA) is 96.5 Å². The fourth-order valence-electron chi connectivity index (χ4n) is 2.60. The van der Waals surface area contributed by atoms with Crippen molar-refractivity contribution in [2.75, 3.05) is 13.1 Å². The Morgan fingerprint density at radius 2 is 2.09 bits per heavy atom. The molecule has 2 heterocycles. The number of aliphatic hydroxyl groups is 1. The number of hydrogen-bond donors (Lipinski definition) is 2. The van der Waals surface area contributed by atoms with E-state index in [1.807, 2.05) is 0 Å². The molecule has 3 N–H and O–H groups in total. The SMILES string of the molecule is NC(=O)CC1(O)CCCN(C(=O)c2ccc(C(F)(F)F)cn2)C1. The molecule has 126 valence electrons. The number of primary amides is 1. The van der Waals surface area contributed by atoms with E-state index in [4.69, 9.17) is 5.73 Å². The Morgan fingerprint density at radius 1 is 1.39 bits per heavy atom. The van der Waals surface area contributed by atoms with Crippen LogP contribution in [0.25, 0.3) is 0 Å². The van der Waals surface area contributed by atoms with Gasteiger partial charge < -0.3 is 15.7 Å². The van der Waals surface area contributed by atoms with E-state index in [1.54, 1.807) is 0 Å². The van der Waals surface area contributed by atoms with Crippen LogP contribution in [0.3, 0.4) is 0 Å². The highest BCUT2D eigenvalue weighted by Gasteiger charge is 2.37. The number of carbonyl (C=O) groups excluding carboxylic acids is 2. The molecule has 9 heteroatoms. The number of carbonyl (C=O) groups is 2. The lowest BCUT2D eigenvalue weighted by Crippen LogP contribution is -2.52. The van der Waals surface area contributed by atoms with E-state index < -0.39 is 29.2 Å². The molecule has 0 aliphatic carbocycles. The van der Waals surface area contributed by atoms with Crippen LogP contribution in [0.15, 0.2) is 18.3 Å². The number of amides is 2. The van der Waals surface area contributed by atoms with Crippen LogP contribution in [0.1, 0.15) is 35.3 Å². The number of halogens is 3. The molecule has 1 fully saturated rings. The van der Waals surface area contributed by atoms with Crippen LogP contribution in [0.4, 0.5) is 13.2 Å². The second-order valence-corrected chi connectivity index (χ2v) is 5.63. The average molecular weight is 331 g/mol. The van der Waals surface area contributed by atoms with Crippen molar-refractivity contribution in [3.05, 3.63) is 29.6 Å².